The van der Waals surface area contributed by atoms with E-state index in [0.29, 0.717) is 18.8 Å². The van der Waals surface area contributed by atoms with Crippen molar-refractivity contribution in [2.75, 3.05) is 44.3 Å². The third-order valence-electron chi connectivity index (χ3n) is 6.02. The minimum absolute atomic E-state index is 0.140. The zero-order valence-corrected chi connectivity index (χ0v) is 17.8. The van der Waals surface area contributed by atoms with Gasteiger partial charge in [0, 0.05) is 56.5 Å². The predicted octanol–water partition coefficient (Wildman–Crippen LogP) is 1.04. The van der Waals surface area contributed by atoms with E-state index in [1.807, 2.05) is 6.92 Å². The number of hydrogen-bond acceptors (Lipinski definition) is 7. The molecular formula is C21H28N6O3. The Morgan fingerprint density at radius 3 is 2.43 bits per heavy atom. The predicted molar refractivity (Wildman–Crippen MR) is 112 cm³/mol. The molecule has 2 saturated heterocycles. The summed E-state index contributed by atoms with van der Waals surface area (Å²) in [7, 11) is 1.55. The van der Waals surface area contributed by atoms with Crippen molar-refractivity contribution in [1.82, 2.24) is 24.6 Å². The first kappa shape index (κ1) is 20.5. The Kier molecular flexibility index (Phi) is 5.80. The lowest BCUT2D eigenvalue weighted by Gasteiger charge is -2.33. The third kappa shape index (κ3) is 4.07. The van der Waals surface area contributed by atoms with Crippen molar-refractivity contribution in [2.24, 2.45) is 7.05 Å². The molecule has 2 aromatic rings. The van der Waals surface area contributed by atoms with Gasteiger partial charge in [0.05, 0.1) is 13.2 Å². The van der Waals surface area contributed by atoms with Gasteiger partial charge >= 0.3 is 0 Å². The Hall–Kier alpha value is -2.81. The van der Waals surface area contributed by atoms with Crippen molar-refractivity contribution >= 4 is 11.7 Å². The molecule has 0 aromatic carbocycles. The van der Waals surface area contributed by atoms with Gasteiger partial charge in [0.15, 0.2) is 0 Å². The van der Waals surface area contributed by atoms with Crippen molar-refractivity contribution in [3.05, 3.63) is 45.3 Å². The first-order valence-corrected chi connectivity index (χ1v) is 10.5. The second kappa shape index (κ2) is 8.51. The maximum Gasteiger partial charge on any atom is 0.274 e. The number of piperidine rings is 1. The molecule has 2 fully saturated rings. The van der Waals surface area contributed by atoms with Crippen LogP contribution in [0.4, 0.5) is 5.82 Å². The number of nitrogens with zero attached hydrogens (tertiary/aromatic N) is 6. The van der Waals surface area contributed by atoms with Crippen LogP contribution in [0.5, 0.6) is 0 Å². The van der Waals surface area contributed by atoms with E-state index in [-0.39, 0.29) is 17.4 Å². The van der Waals surface area contributed by atoms with E-state index in [0.717, 1.165) is 62.0 Å². The standard InChI is InChI=1S/C21H28N6O3/c1-14-15(2)22-19(23-20(14)26-10-12-30-13-11-26)16-6-8-27(9-7-16)21(29)17-4-5-18(28)25(3)24-17/h4-5,16H,6-13H2,1-3H3. The molecule has 1 amide bonds. The fourth-order valence-corrected chi connectivity index (χ4v) is 4.02. The number of aromatic nitrogens is 4. The van der Waals surface area contributed by atoms with Gasteiger partial charge in [-0.25, -0.2) is 14.6 Å². The Bertz CT molecular complexity index is 991. The maximum atomic E-state index is 12.8. The molecule has 4 rings (SSSR count). The van der Waals surface area contributed by atoms with Crippen molar-refractivity contribution in [1.29, 1.82) is 0 Å². The fourth-order valence-electron chi connectivity index (χ4n) is 4.02. The largest absolute Gasteiger partial charge is 0.378 e. The second-order valence-electron chi connectivity index (χ2n) is 7.96. The molecule has 0 aliphatic carbocycles. The van der Waals surface area contributed by atoms with Crippen LogP contribution in [0.15, 0.2) is 16.9 Å². The molecule has 9 heteroatoms. The summed E-state index contributed by atoms with van der Waals surface area (Å²) in [5.41, 5.74) is 2.20. The molecule has 0 unspecified atom stereocenters. The minimum atomic E-state index is -0.228. The normalized spacial score (nSPS) is 18.0. The van der Waals surface area contributed by atoms with Crippen LogP contribution < -0.4 is 10.5 Å². The van der Waals surface area contributed by atoms with Crippen LogP contribution in [0.1, 0.15) is 46.3 Å². The lowest BCUT2D eigenvalue weighted by molar-refractivity contribution is 0.0702. The molecule has 0 atom stereocenters. The van der Waals surface area contributed by atoms with Crippen LogP contribution in [-0.2, 0) is 11.8 Å². The number of anilines is 1. The summed E-state index contributed by atoms with van der Waals surface area (Å²) < 4.78 is 6.67. The number of morpholine rings is 1. The Balaban J connectivity index is 1.47. The maximum absolute atomic E-state index is 12.8. The van der Waals surface area contributed by atoms with Crippen LogP contribution >= 0.6 is 0 Å². The molecule has 2 aliphatic rings. The first-order valence-electron chi connectivity index (χ1n) is 10.5. The van der Waals surface area contributed by atoms with Crippen LogP contribution in [-0.4, -0.2) is 69.9 Å². The van der Waals surface area contributed by atoms with E-state index in [1.54, 1.807) is 11.9 Å². The van der Waals surface area contributed by atoms with Crippen LogP contribution in [0.2, 0.25) is 0 Å². The number of rotatable bonds is 3. The van der Waals surface area contributed by atoms with Crippen molar-refractivity contribution in [3.8, 4) is 0 Å². The van der Waals surface area contributed by atoms with Gasteiger partial charge in [-0.15, -0.1) is 0 Å². The zero-order chi connectivity index (χ0) is 21.3. The summed E-state index contributed by atoms with van der Waals surface area (Å²) in [6.07, 6.45) is 1.62. The molecule has 0 saturated carbocycles. The topological polar surface area (TPSA) is 93.5 Å². The van der Waals surface area contributed by atoms with Crippen LogP contribution in [0.25, 0.3) is 0 Å². The van der Waals surface area contributed by atoms with Gasteiger partial charge < -0.3 is 14.5 Å². The summed E-state index contributed by atoms with van der Waals surface area (Å²) in [4.78, 5) is 38.1. The third-order valence-corrected chi connectivity index (χ3v) is 6.02. The van der Waals surface area contributed by atoms with Crippen LogP contribution in [0, 0.1) is 13.8 Å². The van der Waals surface area contributed by atoms with Gasteiger partial charge in [0.2, 0.25) is 0 Å². The van der Waals surface area contributed by atoms with Gasteiger partial charge in [0.1, 0.15) is 17.3 Å². The molecule has 0 spiro atoms. The van der Waals surface area contributed by atoms with Gasteiger partial charge in [-0.3, -0.25) is 9.59 Å². The number of amides is 1. The lowest BCUT2D eigenvalue weighted by Crippen LogP contribution is -2.40. The average Bonchev–Trinajstić information content (AvgIpc) is 2.77. The molecule has 0 radical (unpaired) electrons. The number of aryl methyl sites for hydroxylation is 2. The monoisotopic (exact) mass is 412 g/mol. The van der Waals surface area contributed by atoms with Gasteiger partial charge in [0.25, 0.3) is 11.5 Å². The Labute approximate surface area is 175 Å². The molecule has 30 heavy (non-hydrogen) atoms. The van der Waals surface area contributed by atoms with E-state index in [1.165, 1.54) is 16.8 Å². The highest BCUT2D eigenvalue weighted by Crippen LogP contribution is 2.30. The molecule has 0 bridgehead atoms. The molecular weight excluding hydrogens is 384 g/mol. The molecule has 4 heterocycles. The zero-order valence-electron chi connectivity index (χ0n) is 17.8. The number of carbonyl (C=O) groups is 1. The van der Waals surface area contributed by atoms with Gasteiger partial charge in [-0.1, -0.05) is 0 Å². The number of likely N-dealkylation sites (tertiary alicyclic amines) is 1. The first-order chi connectivity index (χ1) is 14.4. The molecule has 160 valence electrons. The SMILES string of the molecule is Cc1nc(C2CCN(C(=O)c3ccc(=O)n(C)n3)CC2)nc(N2CCOCC2)c1C. The van der Waals surface area contributed by atoms with Crippen LogP contribution in [0.3, 0.4) is 0 Å². The van der Waals surface area contributed by atoms with Crippen molar-refractivity contribution < 1.29 is 9.53 Å². The second-order valence-corrected chi connectivity index (χ2v) is 7.96. The highest BCUT2D eigenvalue weighted by atomic mass is 16.5. The Morgan fingerprint density at radius 1 is 1.07 bits per heavy atom. The highest BCUT2D eigenvalue weighted by molar-refractivity contribution is 5.92. The Morgan fingerprint density at radius 2 is 1.77 bits per heavy atom. The fraction of sp³-hybridized carbons (Fsp3) is 0.571. The summed E-state index contributed by atoms with van der Waals surface area (Å²) >= 11 is 0. The molecule has 2 aromatic heterocycles. The van der Waals surface area contributed by atoms with Crippen molar-refractivity contribution in [3.63, 3.8) is 0 Å². The summed E-state index contributed by atoms with van der Waals surface area (Å²) in [6.45, 7) is 8.48. The lowest BCUT2D eigenvalue weighted by atomic mass is 9.95. The molecule has 2 aliphatic heterocycles. The van der Waals surface area contributed by atoms with E-state index in [4.69, 9.17) is 14.7 Å². The summed E-state index contributed by atoms with van der Waals surface area (Å²) in [5, 5.41) is 4.08. The summed E-state index contributed by atoms with van der Waals surface area (Å²) in [6, 6.07) is 2.88. The molecule has 9 nitrogen and oxygen atoms in total. The van der Waals surface area contributed by atoms with Gasteiger partial charge in [-0.05, 0) is 32.8 Å². The highest BCUT2D eigenvalue weighted by Gasteiger charge is 2.28. The minimum Gasteiger partial charge on any atom is -0.378 e. The van der Waals surface area contributed by atoms with E-state index < -0.39 is 0 Å². The summed E-state index contributed by atoms with van der Waals surface area (Å²) in [5.74, 6) is 1.96. The molecule has 0 N–H and O–H groups in total. The van der Waals surface area contributed by atoms with E-state index in [9.17, 15) is 9.59 Å². The smallest absolute Gasteiger partial charge is 0.274 e. The van der Waals surface area contributed by atoms with E-state index >= 15 is 0 Å². The quantitative estimate of drug-likeness (QED) is 0.744. The van der Waals surface area contributed by atoms with Crippen molar-refractivity contribution in [2.45, 2.75) is 32.6 Å². The van der Waals surface area contributed by atoms with Gasteiger partial charge in [-0.2, -0.15) is 5.10 Å². The number of hydrogen-bond donors (Lipinski definition) is 0. The number of carbonyl (C=O) groups excluding carboxylic acids is 1. The average molecular weight is 412 g/mol. The van der Waals surface area contributed by atoms with E-state index in [2.05, 4.69) is 16.9 Å². The number of ether oxygens (including phenoxy) is 1.